The molecule has 2 aliphatic carbocycles. The van der Waals surface area contributed by atoms with Gasteiger partial charge in [-0.2, -0.15) is 0 Å². The van der Waals surface area contributed by atoms with E-state index in [0.717, 1.165) is 49.8 Å². The first-order valence-electron chi connectivity index (χ1n) is 8.43. The van der Waals surface area contributed by atoms with E-state index >= 15 is 0 Å². The molecule has 1 saturated heterocycles. The van der Waals surface area contributed by atoms with Crippen molar-refractivity contribution in [1.82, 2.24) is 10.6 Å². The highest BCUT2D eigenvalue weighted by molar-refractivity contribution is 14.0. The number of rotatable bonds is 7. The third-order valence-electron chi connectivity index (χ3n) is 4.97. The lowest BCUT2D eigenvalue weighted by molar-refractivity contribution is 0.105. The summed E-state index contributed by atoms with van der Waals surface area (Å²) in [5.74, 6) is 3.86. The highest BCUT2D eigenvalue weighted by Crippen LogP contribution is 2.48. The smallest absolute Gasteiger partial charge is 0.190 e. The van der Waals surface area contributed by atoms with Crippen LogP contribution in [-0.2, 0) is 4.74 Å². The molecule has 2 saturated carbocycles. The molecule has 1 heterocycles. The van der Waals surface area contributed by atoms with Crippen LogP contribution in [0.4, 0.5) is 0 Å². The van der Waals surface area contributed by atoms with Crippen LogP contribution in [0.2, 0.25) is 0 Å². The Bertz CT molecular complexity index is 324. The van der Waals surface area contributed by atoms with Gasteiger partial charge in [0, 0.05) is 26.7 Å². The largest absolute Gasteiger partial charge is 0.378 e. The van der Waals surface area contributed by atoms with Gasteiger partial charge in [0.15, 0.2) is 5.96 Å². The van der Waals surface area contributed by atoms with Gasteiger partial charge in [0.25, 0.3) is 0 Å². The number of ether oxygens (including phenoxy) is 1. The third-order valence-corrected chi connectivity index (χ3v) is 4.97. The van der Waals surface area contributed by atoms with Crippen LogP contribution >= 0.6 is 24.0 Å². The molecule has 3 rings (SSSR count). The van der Waals surface area contributed by atoms with Crippen molar-refractivity contribution in [3.63, 3.8) is 0 Å². The lowest BCUT2D eigenvalue weighted by atomic mass is 9.98. The van der Waals surface area contributed by atoms with Crippen molar-refractivity contribution < 1.29 is 4.74 Å². The van der Waals surface area contributed by atoms with Gasteiger partial charge in [-0.1, -0.05) is 0 Å². The summed E-state index contributed by atoms with van der Waals surface area (Å²) in [6, 6.07) is 0. The second-order valence-electron chi connectivity index (χ2n) is 6.64. The topological polar surface area (TPSA) is 45.7 Å². The maximum atomic E-state index is 5.65. The van der Waals surface area contributed by atoms with E-state index in [1.54, 1.807) is 0 Å². The van der Waals surface area contributed by atoms with Crippen molar-refractivity contribution in [2.24, 2.45) is 22.7 Å². The average Bonchev–Trinajstić information content (AvgIpc) is 3.39. The van der Waals surface area contributed by atoms with Crippen LogP contribution in [-0.4, -0.2) is 38.8 Å². The van der Waals surface area contributed by atoms with E-state index in [2.05, 4.69) is 15.6 Å². The molecule has 0 aromatic heterocycles. The molecule has 0 radical (unpaired) electrons. The molecule has 122 valence electrons. The second kappa shape index (κ2) is 8.56. The molecule has 1 aliphatic heterocycles. The van der Waals surface area contributed by atoms with E-state index < -0.39 is 0 Å². The van der Waals surface area contributed by atoms with Crippen molar-refractivity contribution in [2.45, 2.75) is 51.0 Å². The molecule has 2 N–H and O–H groups in total. The monoisotopic (exact) mass is 407 g/mol. The molecule has 0 aromatic carbocycles. The highest BCUT2D eigenvalue weighted by Gasteiger charge is 2.41. The van der Waals surface area contributed by atoms with Gasteiger partial charge in [0.05, 0.1) is 6.10 Å². The van der Waals surface area contributed by atoms with E-state index in [9.17, 15) is 0 Å². The number of aliphatic imine (C=N–C) groups is 1. The summed E-state index contributed by atoms with van der Waals surface area (Å²) < 4.78 is 5.65. The predicted octanol–water partition coefficient (Wildman–Crippen LogP) is 2.77. The molecule has 3 aliphatic rings. The van der Waals surface area contributed by atoms with Crippen molar-refractivity contribution in [2.75, 3.05) is 26.7 Å². The van der Waals surface area contributed by atoms with Crippen molar-refractivity contribution in [3.8, 4) is 0 Å². The van der Waals surface area contributed by atoms with Crippen molar-refractivity contribution in [1.29, 1.82) is 0 Å². The first-order valence-corrected chi connectivity index (χ1v) is 8.43. The quantitative estimate of drug-likeness (QED) is 0.388. The molecule has 0 aromatic rings. The maximum absolute atomic E-state index is 5.65. The number of hydrogen-bond donors (Lipinski definition) is 2. The first kappa shape index (κ1) is 17.3. The van der Waals surface area contributed by atoms with Gasteiger partial charge in [-0.25, -0.2) is 0 Å². The third kappa shape index (κ3) is 5.58. The minimum absolute atomic E-state index is 0. The molecular weight excluding hydrogens is 377 g/mol. The summed E-state index contributed by atoms with van der Waals surface area (Å²) >= 11 is 0. The Balaban J connectivity index is 0.00000161. The SMILES string of the molecule is CN=C(NCCC1CCCO1)NCC(C1CC1)C1CC1.I. The van der Waals surface area contributed by atoms with Gasteiger partial charge >= 0.3 is 0 Å². The van der Waals surface area contributed by atoms with Gasteiger partial charge in [0.2, 0.25) is 0 Å². The minimum atomic E-state index is 0. The molecule has 0 bridgehead atoms. The Morgan fingerprint density at radius 1 is 1.14 bits per heavy atom. The molecule has 4 nitrogen and oxygen atoms in total. The highest BCUT2D eigenvalue weighted by atomic mass is 127. The Labute approximate surface area is 145 Å². The van der Waals surface area contributed by atoms with Crippen molar-refractivity contribution in [3.05, 3.63) is 0 Å². The fourth-order valence-electron chi connectivity index (χ4n) is 3.43. The second-order valence-corrected chi connectivity index (χ2v) is 6.64. The zero-order valence-corrected chi connectivity index (χ0v) is 15.5. The zero-order valence-electron chi connectivity index (χ0n) is 13.1. The van der Waals surface area contributed by atoms with Crippen LogP contribution in [0, 0.1) is 17.8 Å². The van der Waals surface area contributed by atoms with Crippen LogP contribution < -0.4 is 10.6 Å². The van der Waals surface area contributed by atoms with Gasteiger partial charge < -0.3 is 15.4 Å². The Morgan fingerprint density at radius 3 is 2.38 bits per heavy atom. The van der Waals surface area contributed by atoms with Crippen LogP contribution in [0.3, 0.4) is 0 Å². The summed E-state index contributed by atoms with van der Waals surface area (Å²) in [6.45, 7) is 3.01. The fraction of sp³-hybridized carbons (Fsp3) is 0.938. The minimum Gasteiger partial charge on any atom is -0.378 e. The molecule has 21 heavy (non-hydrogen) atoms. The molecule has 3 fully saturated rings. The Kier molecular flexibility index (Phi) is 7.05. The van der Waals surface area contributed by atoms with Gasteiger partial charge in [-0.15, -0.1) is 24.0 Å². The van der Waals surface area contributed by atoms with E-state index in [0.29, 0.717) is 6.10 Å². The molecule has 1 unspecified atom stereocenters. The number of nitrogens with zero attached hydrogens (tertiary/aromatic N) is 1. The normalized spacial score (nSPS) is 25.8. The number of halogens is 1. The molecule has 0 spiro atoms. The van der Waals surface area contributed by atoms with Gasteiger partial charge in [-0.3, -0.25) is 4.99 Å². The fourth-order valence-corrected chi connectivity index (χ4v) is 3.43. The molecule has 1 atom stereocenters. The first-order chi connectivity index (χ1) is 9.86. The Morgan fingerprint density at radius 2 is 1.86 bits per heavy atom. The van der Waals surface area contributed by atoms with E-state index in [4.69, 9.17) is 4.74 Å². The Hall–Kier alpha value is -0.0400. The summed E-state index contributed by atoms with van der Waals surface area (Å²) in [7, 11) is 1.87. The van der Waals surface area contributed by atoms with Crippen LogP contribution in [0.15, 0.2) is 4.99 Å². The van der Waals surface area contributed by atoms with E-state index in [1.165, 1.54) is 38.5 Å². The van der Waals surface area contributed by atoms with Gasteiger partial charge in [-0.05, 0) is 62.7 Å². The van der Waals surface area contributed by atoms with Crippen molar-refractivity contribution >= 4 is 29.9 Å². The predicted molar refractivity (Wildman–Crippen MR) is 97.3 cm³/mol. The average molecular weight is 407 g/mol. The van der Waals surface area contributed by atoms with E-state index in [-0.39, 0.29) is 24.0 Å². The lowest BCUT2D eigenvalue weighted by Gasteiger charge is -2.19. The lowest BCUT2D eigenvalue weighted by Crippen LogP contribution is -2.41. The number of hydrogen-bond acceptors (Lipinski definition) is 2. The van der Waals surface area contributed by atoms with Crippen LogP contribution in [0.5, 0.6) is 0 Å². The summed E-state index contributed by atoms with van der Waals surface area (Å²) in [6.07, 6.45) is 9.81. The number of guanidine groups is 1. The summed E-state index contributed by atoms with van der Waals surface area (Å²) in [4.78, 5) is 4.34. The summed E-state index contributed by atoms with van der Waals surface area (Å²) in [5.41, 5.74) is 0. The zero-order chi connectivity index (χ0) is 13.8. The molecule has 0 amide bonds. The molecule has 5 heteroatoms. The summed E-state index contributed by atoms with van der Waals surface area (Å²) in [5, 5.41) is 6.96. The van der Waals surface area contributed by atoms with Gasteiger partial charge in [0.1, 0.15) is 0 Å². The molecular formula is C16H30IN3O. The van der Waals surface area contributed by atoms with Crippen LogP contribution in [0.1, 0.15) is 44.9 Å². The maximum Gasteiger partial charge on any atom is 0.190 e. The van der Waals surface area contributed by atoms with Crippen LogP contribution in [0.25, 0.3) is 0 Å². The standard InChI is InChI=1S/C16H29N3O.HI/c1-17-16(18-9-8-14-3-2-10-20-14)19-11-15(12-4-5-12)13-6-7-13;/h12-15H,2-11H2,1H3,(H2,17,18,19);1H. The van der Waals surface area contributed by atoms with E-state index in [1.807, 2.05) is 7.05 Å². The number of nitrogens with one attached hydrogen (secondary N) is 2.